The van der Waals surface area contributed by atoms with Crippen LogP contribution in [-0.2, 0) is 6.42 Å². The van der Waals surface area contributed by atoms with Gasteiger partial charge < -0.3 is 15.2 Å². The molecule has 0 aliphatic rings. The molecule has 3 nitrogen and oxygen atoms in total. The van der Waals surface area contributed by atoms with Crippen molar-refractivity contribution in [1.82, 2.24) is 0 Å². The number of nitrogens with two attached hydrogens (primary N) is 1. The zero-order valence-electron chi connectivity index (χ0n) is 11.0. The summed E-state index contributed by atoms with van der Waals surface area (Å²) in [7, 11) is 1.44. The van der Waals surface area contributed by atoms with Crippen LogP contribution < -0.4 is 15.2 Å². The molecule has 0 aromatic heterocycles. The average molecular weight is 277 g/mol. The van der Waals surface area contributed by atoms with Crippen LogP contribution in [0.1, 0.15) is 18.9 Å². The predicted octanol–water partition coefficient (Wildman–Crippen LogP) is 2.92. The Labute approximate surface area is 110 Å². The summed E-state index contributed by atoms with van der Waals surface area (Å²) in [5.74, 6) is 0.723. The molecule has 0 heterocycles. The molecule has 1 rings (SSSR count). The summed E-state index contributed by atoms with van der Waals surface area (Å²) in [6.45, 7) is 1.43. The lowest BCUT2D eigenvalue weighted by Gasteiger charge is -2.14. The van der Waals surface area contributed by atoms with E-state index in [2.05, 4.69) is 0 Å². The third-order valence-electron chi connectivity index (χ3n) is 2.43. The molecule has 0 fully saturated rings. The lowest BCUT2D eigenvalue weighted by Crippen LogP contribution is -2.18. The second-order valence-corrected chi connectivity index (χ2v) is 4.38. The van der Waals surface area contributed by atoms with Crippen molar-refractivity contribution in [2.75, 3.05) is 13.7 Å². The van der Waals surface area contributed by atoms with Crippen LogP contribution in [-0.4, -0.2) is 25.9 Å². The Kier molecular flexibility index (Phi) is 5.47. The molecule has 0 radical (unpaired) electrons. The monoisotopic (exact) mass is 277 g/mol. The standard InChI is InChI=1S/C13H18F3NO2/c1-9(17)7-10-3-4-11(18-2)12(8-10)19-6-5-13(14,15)16/h3-4,8-9H,5-7,17H2,1-2H3. The molecule has 1 unspecified atom stereocenters. The van der Waals surface area contributed by atoms with Crippen LogP contribution in [0.15, 0.2) is 18.2 Å². The molecule has 0 saturated heterocycles. The van der Waals surface area contributed by atoms with Crippen molar-refractivity contribution in [3.8, 4) is 11.5 Å². The van der Waals surface area contributed by atoms with Gasteiger partial charge >= 0.3 is 6.18 Å². The maximum absolute atomic E-state index is 12.1. The van der Waals surface area contributed by atoms with E-state index < -0.39 is 19.2 Å². The lowest BCUT2D eigenvalue weighted by molar-refractivity contribution is -0.139. The van der Waals surface area contributed by atoms with Crippen LogP contribution >= 0.6 is 0 Å². The summed E-state index contributed by atoms with van der Waals surface area (Å²) >= 11 is 0. The molecule has 108 valence electrons. The Hall–Kier alpha value is -1.43. The Morgan fingerprint density at radius 1 is 1.26 bits per heavy atom. The maximum Gasteiger partial charge on any atom is 0.392 e. The van der Waals surface area contributed by atoms with Gasteiger partial charge in [-0.05, 0) is 31.0 Å². The van der Waals surface area contributed by atoms with E-state index in [-0.39, 0.29) is 6.04 Å². The number of rotatable bonds is 6. The molecule has 2 N–H and O–H groups in total. The van der Waals surface area contributed by atoms with Crippen LogP contribution in [0.25, 0.3) is 0 Å². The fourth-order valence-electron chi connectivity index (χ4n) is 1.61. The van der Waals surface area contributed by atoms with Crippen LogP contribution in [0.3, 0.4) is 0 Å². The minimum absolute atomic E-state index is 0.0311. The van der Waals surface area contributed by atoms with E-state index in [0.717, 1.165) is 5.56 Å². The summed E-state index contributed by atoms with van der Waals surface area (Å²) in [6, 6.07) is 5.12. The molecule has 0 bridgehead atoms. The SMILES string of the molecule is COc1ccc(CC(C)N)cc1OCCC(F)(F)F. The van der Waals surface area contributed by atoms with Crippen LogP contribution in [0.5, 0.6) is 11.5 Å². The topological polar surface area (TPSA) is 44.5 Å². The number of benzene rings is 1. The van der Waals surface area contributed by atoms with Gasteiger partial charge in [-0.25, -0.2) is 0 Å². The van der Waals surface area contributed by atoms with Gasteiger partial charge in [-0.3, -0.25) is 0 Å². The van der Waals surface area contributed by atoms with Crippen molar-refractivity contribution in [3.63, 3.8) is 0 Å². The molecular weight excluding hydrogens is 259 g/mol. The number of hydrogen-bond acceptors (Lipinski definition) is 3. The summed E-state index contributed by atoms with van der Waals surface area (Å²) in [5, 5.41) is 0. The maximum atomic E-state index is 12.1. The summed E-state index contributed by atoms with van der Waals surface area (Å²) in [5.41, 5.74) is 6.58. The van der Waals surface area contributed by atoms with E-state index in [9.17, 15) is 13.2 Å². The highest BCUT2D eigenvalue weighted by Gasteiger charge is 2.27. The highest BCUT2D eigenvalue weighted by molar-refractivity contribution is 5.43. The number of methoxy groups -OCH3 is 1. The summed E-state index contributed by atoms with van der Waals surface area (Å²) < 4.78 is 46.4. The van der Waals surface area contributed by atoms with E-state index in [1.54, 1.807) is 12.1 Å². The molecule has 0 amide bonds. The van der Waals surface area contributed by atoms with Crippen molar-refractivity contribution in [2.24, 2.45) is 5.73 Å². The number of ether oxygens (including phenoxy) is 2. The Bertz CT molecular complexity index is 405. The van der Waals surface area contributed by atoms with Crippen molar-refractivity contribution in [1.29, 1.82) is 0 Å². The normalized spacial score (nSPS) is 13.2. The average Bonchev–Trinajstić information content (AvgIpc) is 2.27. The smallest absolute Gasteiger partial charge is 0.392 e. The van der Waals surface area contributed by atoms with Crippen LogP contribution in [0.4, 0.5) is 13.2 Å². The van der Waals surface area contributed by atoms with Gasteiger partial charge in [0.15, 0.2) is 11.5 Å². The molecule has 0 aliphatic carbocycles. The van der Waals surface area contributed by atoms with Crippen molar-refractivity contribution in [2.45, 2.75) is 32.0 Å². The van der Waals surface area contributed by atoms with Crippen molar-refractivity contribution >= 4 is 0 Å². The van der Waals surface area contributed by atoms with Gasteiger partial charge in [-0.2, -0.15) is 13.2 Å². The zero-order chi connectivity index (χ0) is 14.5. The van der Waals surface area contributed by atoms with E-state index in [1.807, 2.05) is 13.0 Å². The first kappa shape index (κ1) is 15.6. The fraction of sp³-hybridized carbons (Fsp3) is 0.538. The van der Waals surface area contributed by atoms with E-state index >= 15 is 0 Å². The number of alkyl halides is 3. The van der Waals surface area contributed by atoms with Gasteiger partial charge in [0, 0.05) is 6.04 Å². The molecule has 0 saturated carbocycles. The van der Waals surface area contributed by atoms with Crippen molar-refractivity contribution in [3.05, 3.63) is 23.8 Å². The van der Waals surface area contributed by atoms with E-state index in [4.69, 9.17) is 15.2 Å². The Balaban J connectivity index is 2.73. The Morgan fingerprint density at radius 2 is 1.95 bits per heavy atom. The largest absolute Gasteiger partial charge is 0.493 e. The molecule has 6 heteroatoms. The van der Waals surface area contributed by atoms with Gasteiger partial charge in [0.25, 0.3) is 0 Å². The highest BCUT2D eigenvalue weighted by atomic mass is 19.4. The first-order valence-corrected chi connectivity index (χ1v) is 5.94. The van der Waals surface area contributed by atoms with Gasteiger partial charge in [-0.1, -0.05) is 6.07 Å². The third kappa shape index (κ3) is 5.83. The molecule has 1 aromatic rings. The van der Waals surface area contributed by atoms with E-state index in [1.165, 1.54) is 7.11 Å². The first-order valence-electron chi connectivity index (χ1n) is 5.94. The number of halogens is 3. The second-order valence-electron chi connectivity index (χ2n) is 4.38. The second kappa shape index (κ2) is 6.65. The van der Waals surface area contributed by atoms with Gasteiger partial charge in [-0.15, -0.1) is 0 Å². The van der Waals surface area contributed by atoms with Crippen molar-refractivity contribution < 1.29 is 22.6 Å². The quantitative estimate of drug-likeness (QED) is 0.869. The van der Waals surface area contributed by atoms with Gasteiger partial charge in [0.1, 0.15) is 0 Å². The van der Waals surface area contributed by atoms with E-state index in [0.29, 0.717) is 17.9 Å². The first-order chi connectivity index (χ1) is 8.81. The van der Waals surface area contributed by atoms with Crippen LogP contribution in [0.2, 0.25) is 0 Å². The molecule has 19 heavy (non-hydrogen) atoms. The van der Waals surface area contributed by atoms with Gasteiger partial charge in [0.2, 0.25) is 0 Å². The predicted molar refractivity (Wildman–Crippen MR) is 66.5 cm³/mol. The molecule has 1 atom stereocenters. The molecular formula is C13H18F3NO2. The highest BCUT2D eigenvalue weighted by Crippen LogP contribution is 2.29. The lowest BCUT2D eigenvalue weighted by atomic mass is 10.1. The van der Waals surface area contributed by atoms with Gasteiger partial charge in [0.05, 0.1) is 20.1 Å². The fourth-order valence-corrected chi connectivity index (χ4v) is 1.61. The Morgan fingerprint density at radius 3 is 2.47 bits per heavy atom. The van der Waals surface area contributed by atoms with Crippen LogP contribution in [0, 0.1) is 0 Å². The third-order valence-corrected chi connectivity index (χ3v) is 2.43. The summed E-state index contributed by atoms with van der Waals surface area (Å²) in [6.07, 6.45) is -4.59. The summed E-state index contributed by atoms with van der Waals surface area (Å²) in [4.78, 5) is 0. The molecule has 0 aliphatic heterocycles. The molecule has 1 aromatic carbocycles. The molecule has 0 spiro atoms. The minimum Gasteiger partial charge on any atom is -0.493 e. The number of hydrogen-bond donors (Lipinski definition) is 1. The minimum atomic E-state index is -4.23. The zero-order valence-corrected chi connectivity index (χ0v) is 11.0.